The number of rotatable bonds is 6. The monoisotopic (exact) mass is 346 g/mol. The normalized spacial score (nSPS) is 22.3. The van der Waals surface area contributed by atoms with E-state index in [1.54, 1.807) is 13.3 Å². The summed E-state index contributed by atoms with van der Waals surface area (Å²) >= 11 is 0. The second kappa shape index (κ2) is 8.63. The molecule has 25 heavy (non-hydrogen) atoms. The molecular formula is C19H30N4O2. The van der Waals surface area contributed by atoms with Gasteiger partial charge in [0, 0.05) is 45.0 Å². The number of nitrogens with zero attached hydrogens (tertiary/aromatic N) is 3. The van der Waals surface area contributed by atoms with E-state index in [1.165, 1.54) is 32.2 Å². The Labute approximate surface area is 150 Å². The van der Waals surface area contributed by atoms with E-state index in [-0.39, 0.29) is 5.91 Å². The van der Waals surface area contributed by atoms with E-state index in [0.29, 0.717) is 18.7 Å². The zero-order chi connectivity index (χ0) is 17.6. The predicted octanol–water partition coefficient (Wildman–Crippen LogP) is 1.91. The molecule has 0 radical (unpaired) electrons. The van der Waals surface area contributed by atoms with Gasteiger partial charge in [-0.3, -0.25) is 9.69 Å². The largest absolute Gasteiger partial charge is 0.383 e. The minimum absolute atomic E-state index is 0.0992. The molecule has 2 aliphatic rings. The molecule has 2 aliphatic heterocycles. The summed E-state index contributed by atoms with van der Waals surface area (Å²) in [5.74, 6) is 0.874. The Bertz CT molecular complexity index is 555. The smallest absolute Gasteiger partial charge is 0.252 e. The van der Waals surface area contributed by atoms with Crippen molar-refractivity contribution in [2.45, 2.75) is 44.7 Å². The average Bonchev–Trinajstić information content (AvgIpc) is 3.08. The molecule has 0 bridgehead atoms. The number of aromatic nitrogens is 1. The Morgan fingerprint density at radius 2 is 2.08 bits per heavy atom. The van der Waals surface area contributed by atoms with Gasteiger partial charge in [0.1, 0.15) is 5.82 Å². The molecule has 6 heteroatoms. The minimum atomic E-state index is -0.0992. The maximum atomic E-state index is 12.0. The van der Waals surface area contributed by atoms with Gasteiger partial charge in [-0.25, -0.2) is 4.98 Å². The summed E-state index contributed by atoms with van der Waals surface area (Å²) in [7, 11) is 1.62. The Hall–Kier alpha value is -1.66. The molecule has 2 fully saturated rings. The van der Waals surface area contributed by atoms with Gasteiger partial charge in [-0.05, 0) is 51.3 Å². The summed E-state index contributed by atoms with van der Waals surface area (Å²) in [6, 6.07) is 5.29. The molecule has 6 nitrogen and oxygen atoms in total. The number of carbonyl (C=O) groups is 1. The van der Waals surface area contributed by atoms with Crippen LogP contribution in [-0.4, -0.2) is 67.8 Å². The van der Waals surface area contributed by atoms with Gasteiger partial charge in [-0.15, -0.1) is 0 Å². The molecule has 1 unspecified atom stereocenters. The van der Waals surface area contributed by atoms with Crippen LogP contribution in [0.15, 0.2) is 18.3 Å². The van der Waals surface area contributed by atoms with Crippen LogP contribution in [0.1, 0.15) is 43.0 Å². The first-order valence-electron chi connectivity index (χ1n) is 9.43. The summed E-state index contributed by atoms with van der Waals surface area (Å²) in [4.78, 5) is 21.5. The number of nitrogens with one attached hydrogen (secondary N) is 1. The molecule has 0 spiro atoms. The van der Waals surface area contributed by atoms with Gasteiger partial charge in [-0.2, -0.15) is 0 Å². The molecule has 2 saturated heterocycles. The molecule has 1 amide bonds. The number of anilines is 1. The molecule has 3 rings (SSSR count). The lowest BCUT2D eigenvalue weighted by atomic mass is 10.0. The summed E-state index contributed by atoms with van der Waals surface area (Å²) < 4.78 is 4.94. The maximum Gasteiger partial charge on any atom is 0.252 e. The van der Waals surface area contributed by atoms with Crippen molar-refractivity contribution in [1.29, 1.82) is 0 Å². The van der Waals surface area contributed by atoms with Crippen molar-refractivity contribution in [1.82, 2.24) is 15.2 Å². The fraction of sp³-hybridized carbons (Fsp3) is 0.684. The van der Waals surface area contributed by atoms with Gasteiger partial charge >= 0.3 is 0 Å². The topological polar surface area (TPSA) is 57.7 Å². The van der Waals surface area contributed by atoms with Crippen molar-refractivity contribution in [3.8, 4) is 0 Å². The Morgan fingerprint density at radius 1 is 1.28 bits per heavy atom. The third kappa shape index (κ3) is 4.50. The third-order valence-electron chi connectivity index (χ3n) is 5.46. The van der Waals surface area contributed by atoms with Crippen LogP contribution < -0.4 is 10.2 Å². The Kier molecular flexibility index (Phi) is 6.26. The third-order valence-corrected chi connectivity index (χ3v) is 5.46. The van der Waals surface area contributed by atoms with Crippen LogP contribution in [0.25, 0.3) is 0 Å². The standard InChI is InChI=1S/C19H30N4O2/c1-15-4-3-10-23(15)17-7-11-22(12-8-17)18-6-5-16(14-21-18)19(24)20-9-13-25-2/h5-6,14-15,17H,3-4,7-13H2,1-2H3,(H,20,24). The van der Waals surface area contributed by atoms with Crippen molar-refractivity contribution in [3.05, 3.63) is 23.9 Å². The summed E-state index contributed by atoms with van der Waals surface area (Å²) in [5.41, 5.74) is 0.598. The average molecular weight is 346 g/mol. The predicted molar refractivity (Wildman–Crippen MR) is 99.1 cm³/mol. The molecule has 1 aromatic rings. The first kappa shape index (κ1) is 18.1. The SMILES string of the molecule is COCCNC(=O)c1ccc(N2CCC(N3CCCC3C)CC2)nc1. The lowest BCUT2D eigenvalue weighted by molar-refractivity contribution is 0.0937. The first-order valence-corrected chi connectivity index (χ1v) is 9.43. The Morgan fingerprint density at radius 3 is 2.68 bits per heavy atom. The highest BCUT2D eigenvalue weighted by atomic mass is 16.5. The zero-order valence-corrected chi connectivity index (χ0v) is 15.4. The molecule has 0 aliphatic carbocycles. The summed E-state index contributed by atoms with van der Waals surface area (Å²) in [6.45, 7) is 6.73. The van der Waals surface area contributed by atoms with E-state index in [9.17, 15) is 4.79 Å². The zero-order valence-electron chi connectivity index (χ0n) is 15.4. The van der Waals surface area contributed by atoms with Crippen molar-refractivity contribution >= 4 is 11.7 Å². The van der Waals surface area contributed by atoms with Gasteiger partial charge < -0.3 is 15.0 Å². The lowest BCUT2D eigenvalue weighted by Gasteiger charge is -2.39. The van der Waals surface area contributed by atoms with Gasteiger partial charge in [-0.1, -0.05) is 0 Å². The van der Waals surface area contributed by atoms with Gasteiger partial charge in [0.05, 0.1) is 12.2 Å². The van der Waals surface area contributed by atoms with E-state index < -0.39 is 0 Å². The quantitative estimate of drug-likeness (QED) is 0.798. The van der Waals surface area contributed by atoms with Crippen LogP contribution in [0.2, 0.25) is 0 Å². The number of hydrogen-bond acceptors (Lipinski definition) is 5. The first-order chi connectivity index (χ1) is 12.2. The molecule has 1 atom stereocenters. The summed E-state index contributed by atoms with van der Waals surface area (Å²) in [6.07, 6.45) is 6.76. The molecule has 1 aromatic heterocycles. The van der Waals surface area contributed by atoms with Crippen LogP contribution in [0.4, 0.5) is 5.82 Å². The number of methoxy groups -OCH3 is 1. The van der Waals surface area contributed by atoms with Gasteiger partial charge in [0.25, 0.3) is 5.91 Å². The van der Waals surface area contributed by atoms with E-state index in [1.807, 2.05) is 12.1 Å². The highest BCUT2D eigenvalue weighted by molar-refractivity contribution is 5.94. The number of amides is 1. The highest BCUT2D eigenvalue weighted by Gasteiger charge is 2.30. The van der Waals surface area contributed by atoms with Crippen molar-refractivity contribution in [3.63, 3.8) is 0 Å². The number of hydrogen-bond donors (Lipinski definition) is 1. The molecule has 1 N–H and O–H groups in total. The fourth-order valence-corrected chi connectivity index (χ4v) is 4.00. The van der Waals surface area contributed by atoms with Crippen LogP contribution in [0, 0.1) is 0 Å². The minimum Gasteiger partial charge on any atom is -0.383 e. The van der Waals surface area contributed by atoms with Crippen molar-refractivity contribution in [2.24, 2.45) is 0 Å². The van der Waals surface area contributed by atoms with Crippen molar-refractivity contribution < 1.29 is 9.53 Å². The van der Waals surface area contributed by atoms with E-state index in [0.717, 1.165) is 31.0 Å². The van der Waals surface area contributed by atoms with Crippen LogP contribution in [0.5, 0.6) is 0 Å². The van der Waals surface area contributed by atoms with E-state index in [4.69, 9.17) is 4.74 Å². The van der Waals surface area contributed by atoms with E-state index >= 15 is 0 Å². The Balaban J connectivity index is 1.51. The molecule has 3 heterocycles. The summed E-state index contributed by atoms with van der Waals surface area (Å²) in [5, 5.41) is 2.82. The van der Waals surface area contributed by atoms with Crippen LogP contribution >= 0.6 is 0 Å². The second-order valence-electron chi connectivity index (χ2n) is 7.10. The van der Waals surface area contributed by atoms with Gasteiger partial charge in [0.15, 0.2) is 0 Å². The molecule has 0 aromatic carbocycles. The van der Waals surface area contributed by atoms with Crippen LogP contribution in [-0.2, 0) is 4.74 Å². The van der Waals surface area contributed by atoms with Crippen molar-refractivity contribution in [2.75, 3.05) is 44.8 Å². The van der Waals surface area contributed by atoms with E-state index in [2.05, 4.69) is 27.0 Å². The molecule has 138 valence electrons. The second-order valence-corrected chi connectivity index (χ2v) is 7.10. The van der Waals surface area contributed by atoms with Crippen LogP contribution in [0.3, 0.4) is 0 Å². The molecular weight excluding hydrogens is 316 g/mol. The number of pyridine rings is 1. The molecule has 0 saturated carbocycles. The number of ether oxygens (including phenoxy) is 1. The number of likely N-dealkylation sites (tertiary alicyclic amines) is 1. The number of carbonyl (C=O) groups excluding carboxylic acids is 1. The fourth-order valence-electron chi connectivity index (χ4n) is 4.00. The highest BCUT2D eigenvalue weighted by Crippen LogP contribution is 2.27. The maximum absolute atomic E-state index is 12.0. The lowest BCUT2D eigenvalue weighted by Crippen LogP contribution is -2.46. The number of piperidine rings is 1. The van der Waals surface area contributed by atoms with Gasteiger partial charge in [0.2, 0.25) is 0 Å².